The maximum Gasteiger partial charge on any atom is 0.309 e. The zero-order valence-electron chi connectivity index (χ0n) is 17.6. The quantitative estimate of drug-likeness (QED) is 0.630. The van der Waals surface area contributed by atoms with Crippen molar-refractivity contribution in [1.29, 1.82) is 0 Å². The van der Waals surface area contributed by atoms with E-state index in [1.165, 1.54) is 23.5 Å². The van der Waals surface area contributed by atoms with Gasteiger partial charge < -0.3 is 15.4 Å². The molecule has 3 rings (SSSR count). The number of benzene rings is 2. The van der Waals surface area contributed by atoms with Gasteiger partial charge in [-0.15, -0.1) is 0 Å². The Morgan fingerprint density at radius 3 is 2.42 bits per heavy atom. The van der Waals surface area contributed by atoms with E-state index >= 15 is 0 Å². The summed E-state index contributed by atoms with van der Waals surface area (Å²) in [4.78, 5) is 24.5. The maximum atomic E-state index is 13.0. The Bertz CT molecular complexity index is 1040. The summed E-state index contributed by atoms with van der Waals surface area (Å²) in [6, 6.07) is 13.4. The average molecular weight is 446 g/mol. The lowest BCUT2D eigenvalue weighted by Crippen LogP contribution is -2.46. The van der Waals surface area contributed by atoms with E-state index in [1.54, 1.807) is 12.1 Å². The number of aryl methyl sites for hydroxylation is 1. The maximum absolute atomic E-state index is 13.0. The summed E-state index contributed by atoms with van der Waals surface area (Å²) >= 11 is 0. The molecule has 2 amide bonds. The van der Waals surface area contributed by atoms with Crippen LogP contribution in [0, 0.1) is 6.92 Å². The van der Waals surface area contributed by atoms with Gasteiger partial charge >= 0.3 is 11.8 Å². The number of hydrogen-bond acceptors (Lipinski definition) is 5. The van der Waals surface area contributed by atoms with Crippen LogP contribution in [0.5, 0.6) is 5.75 Å². The Morgan fingerprint density at radius 1 is 1.06 bits per heavy atom. The molecule has 166 valence electrons. The Morgan fingerprint density at radius 2 is 1.74 bits per heavy atom. The van der Waals surface area contributed by atoms with E-state index in [2.05, 4.69) is 10.6 Å². The van der Waals surface area contributed by atoms with E-state index in [-0.39, 0.29) is 18.0 Å². The summed E-state index contributed by atoms with van der Waals surface area (Å²) in [5.41, 5.74) is 1.95. The first kappa shape index (κ1) is 22.8. The van der Waals surface area contributed by atoms with Gasteiger partial charge in [-0.1, -0.05) is 24.3 Å². The van der Waals surface area contributed by atoms with Crippen LogP contribution >= 0.6 is 0 Å². The molecule has 1 aliphatic rings. The number of nitrogens with zero attached hydrogens (tertiary/aromatic N) is 1. The van der Waals surface area contributed by atoms with Crippen LogP contribution < -0.4 is 15.4 Å². The summed E-state index contributed by atoms with van der Waals surface area (Å²) < 4.78 is 32.5. The second-order valence-electron chi connectivity index (χ2n) is 7.41. The van der Waals surface area contributed by atoms with Crippen molar-refractivity contribution in [3.63, 3.8) is 0 Å². The molecule has 2 aromatic rings. The van der Waals surface area contributed by atoms with E-state index in [9.17, 15) is 18.0 Å². The molecule has 8 nitrogen and oxygen atoms in total. The first-order valence-corrected chi connectivity index (χ1v) is 11.5. The average Bonchev–Trinajstić information content (AvgIpc) is 3.26. The first-order valence-electron chi connectivity index (χ1n) is 10.1. The van der Waals surface area contributed by atoms with Gasteiger partial charge in [0.15, 0.2) is 0 Å². The molecule has 9 heteroatoms. The van der Waals surface area contributed by atoms with Gasteiger partial charge in [-0.2, -0.15) is 4.31 Å². The van der Waals surface area contributed by atoms with Crippen molar-refractivity contribution < 1.29 is 22.7 Å². The van der Waals surface area contributed by atoms with E-state index in [4.69, 9.17) is 4.74 Å². The molecule has 1 unspecified atom stereocenters. The van der Waals surface area contributed by atoms with Crippen molar-refractivity contribution in [2.45, 2.75) is 37.2 Å². The van der Waals surface area contributed by atoms with Crippen LogP contribution in [0.4, 0.5) is 0 Å². The Labute approximate surface area is 182 Å². The number of ether oxygens (including phenoxy) is 1. The molecule has 0 radical (unpaired) electrons. The zero-order valence-corrected chi connectivity index (χ0v) is 18.4. The van der Waals surface area contributed by atoms with Crippen molar-refractivity contribution >= 4 is 21.8 Å². The molecule has 0 spiro atoms. The smallest absolute Gasteiger partial charge is 0.309 e. The van der Waals surface area contributed by atoms with Gasteiger partial charge in [0, 0.05) is 25.7 Å². The van der Waals surface area contributed by atoms with Gasteiger partial charge in [-0.05, 0) is 55.2 Å². The molecule has 0 saturated carbocycles. The number of amides is 2. The molecule has 31 heavy (non-hydrogen) atoms. The third kappa shape index (κ3) is 5.42. The molecule has 0 bridgehead atoms. The van der Waals surface area contributed by atoms with Crippen molar-refractivity contribution in [2.75, 3.05) is 20.2 Å². The van der Waals surface area contributed by atoms with Gasteiger partial charge in [0.2, 0.25) is 10.0 Å². The molecule has 1 heterocycles. The SMILES string of the molecule is COc1ccc(S(=O)(=O)N2CCCC2CNC(=O)C(=O)NCc2ccccc2C)cc1. The van der Waals surface area contributed by atoms with Crippen LogP contribution in [0.1, 0.15) is 24.0 Å². The standard InChI is InChI=1S/C22H27N3O5S/c1-16-6-3-4-7-17(16)14-23-21(26)22(27)24-15-18-8-5-13-25(18)31(28,29)20-11-9-19(30-2)10-12-20/h3-4,6-7,9-12,18H,5,8,13-15H2,1-2H3,(H,23,26)(H,24,27). The third-order valence-corrected chi connectivity index (χ3v) is 7.36. The fourth-order valence-corrected chi connectivity index (χ4v) is 5.26. The first-order chi connectivity index (χ1) is 14.8. The van der Waals surface area contributed by atoms with Gasteiger partial charge in [0.1, 0.15) is 5.75 Å². The topological polar surface area (TPSA) is 105 Å². The highest BCUT2D eigenvalue weighted by molar-refractivity contribution is 7.89. The fraction of sp³-hybridized carbons (Fsp3) is 0.364. The number of sulfonamides is 1. The van der Waals surface area contributed by atoms with E-state index in [1.807, 2.05) is 31.2 Å². The van der Waals surface area contributed by atoms with Crippen molar-refractivity contribution in [3.8, 4) is 5.75 Å². The fourth-order valence-electron chi connectivity index (χ4n) is 3.57. The minimum Gasteiger partial charge on any atom is -0.497 e. The second-order valence-corrected chi connectivity index (χ2v) is 9.30. The highest BCUT2D eigenvalue weighted by Gasteiger charge is 2.35. The molecular formula is C22H27N3O5S. The predicted octanol–water partition coefficient (Wildman–Crippen LogP) is 1.59. The molecule has 1 atom stereocenters. The normalized spacial score (nSPS) is 16.6. The van der Waals surface area contributed by atoms with E-state index in [0.29, 0.717) is 25.1 Å². The van der Waals surface area contributed by atoms with Crippen LogP contribution in [-0.2, 0) is 26.2 Å². The highest BCUT2D eigenvalue weighted by atomic mass is 32.2. The van der Waals surface area contributed by atoms with Crippen LogP contribution in [0.2, 0.25) is 0 Å². The van der Waals surface area contributed by atoms with Crippen LogP contribution in [0.15, 0.2) is 53.4 Å². The number of methoxy groups -OCH3 is 1. The van der Waals surface area contributed by atoms with Crippen molar-refractivity contribution in [1.82, 2.24) is 14.9 Å². The van der Waals surface area contributed by atoms with Crippen LogP contribution in [0.3, 0.4) is 0 Å². The molecule has 2 N–H and O–H groups in total. The third-order valence-electron chi connectivity index (χ3n) is 5.39. The number of hydrogen-bond donors (Lipinski definition) is 2. The van der Waals surface area contributed by atoms with Crippen molar-refractivity contribution in [3.05, 3.63) is 59.7 Å². The monoisotopic (exact) mass is 445 g/mol. The van der Waals surface area contributed by atoms with Crippen LogP contribution in [-0.4, -0.2) is 50.8 Å². The minimum absolute atomic E-state index is 0.0754. The number of carbonyl (C=O) groups is 2. The largest absolute Gasteiger partial charge is 0.497 e. The number of nitrogens with one attached hydrogen (secondary N) is 2. The molecule has 1 fully saturated rings. The summed E-state index contributed by atoms with van der Waals surface area (Å²) in [6.45, 7) is 2.63. The van der Waals surface area contributed by atoms with Gasteiger partial charge in [0.05, 0.1) is 12.0 Å². The lowest BCUT2D eigenvalue weighted by Gasteiger charge is -2.24. The van der Waals surface area contributed by atoms with Crippen molar-refractivity contribution in [2.24, 2.45) is 0 Å². The molecule has 1 aliphatic heterocycles. The van der Waals surface area contributed by atoms with Gasteiger partial charge in [0.25, 0.3) is 0 Å². The Kier molecular flexibility index (Phi) is 7.29. The van der Waals surface area contributed by atoms with Gasteiger partial charge in [-0.3, -0.25) is 9.59 Å². The van der Waals surface area contributed by atoms with Crippen LogP contribution in [0.25, 0.3) is 0 Å². The minimum atomic E-state index is -3.71. The lowest BCUT2D eigenvalue weighted by molar-refractivity contribution is -0.139. The Balaban J connectivity index is 1.56. The summed E-state index contributed by atoms with van der Waals surface area (Å²) in [5.74, 6) is -0.950. The lowest BCUT2D eigenvalue weighted by atomic mass is 10.1. The predicted molar refractivity (Wildman–Crippen MR) is 116 cm³/mol. The molecular weight excluding hydrogens is 418 g/mol. The van der Waals surface area contributed by atoms with Gasteiger partial charge in [-0.25, -0.2) is 8.42 Å². The summed E-state index contributed by atoms with van der Waals surface area (Å²) in [6.07, 6.45) is 1.30. The molecule has 2 aromatic carbocycles. The number of rotatable bonds is 7. The molecule has 0 aromatic heterocycles. The van der Waals surface area contributed by atoms with E-state index in [0.717, 1.165) is 11.1 Å². The molecule has 1 saturated heterocycles. The summed E-state index contributed by atoms with van der Waals surface area (Å²) in [7, 11) is -2.19. The highest BCUT2D eigenvalue weighted by Crippen LogP contribution is 2.26. The second kappa shape index (κ2) is 9.93. The molecule has 0 aliphatic carbocycles. The number of carbonyl (C=O) groups excluding carboxylic acids is 2. The van der Waals surface area contributed by atoms with E-state index < -0.39 is 27.9 Å². The summed E-state index contributed by atoms with van der Waals surface area (Å²) in [5, 5.41) is 5.17. The Hall–Kier alpha value is -2.91. The zero-order chi connectivity index (χ0) is 22.4.